The highest BCUT2D eigenvalue weighted by atomic mass is 32.1. The highest BCUT2D eigenvalue weighted by molar-refractivity contribution is 7.09. The number of nitrogens with two attached hydrogens (primary N) is 1. The van der Waals surface area contributed by atoms with Crippen LogP contribution in [0.4, 0.5) is 5.69 Å². The van der Waals surface area contributed by atoms with Gasteiger partial charge in [0.2, 0.25) is 0 Å². The Morgan fingerprint density at radius 2 is 2.14 bits per heavy atom. The highest BCUT2D eigenvalue weighted by Gasteiger charge is 2.19. The summed E-state index contributed by atoms with van der Waals surface area (Å²) in [6.45, 7) is 1.13. The molecule has 1 atom stereocenters. The topological polar surface area (TPSA) is 38.0 Å². The number of thiophene rings is 1. The van der Waals surface area contributed by atoms with Crippen molar-refractivity contribution in [1.29, 1.82) is 0 Å². The number of benzene rings is 1. The summed E-state index contributed by atoms with van der Waals surface area (Å²) in [7, 11) is 0. The van der Waals surface area contributed by atoms with Crippen molar-refractivity contribution in [1.82, 2.24) is 5.32 Å². The third kappa shape index (κ3) is 3.86. The predicted molar refractivity (Wildman–Crippen MR) is 91.9 cm³/mol. The average Bonchev–Trinajstić information content (AvgIpc) is 3.00. The summed E-state index contributed by atoms with van der Waals surface area (Å²) in [6, 6.07) is 11.3. The molecule has 0 saturated heterocycles. The summed E-state index contributed by atoms with van der Waals surface area (Å²) in [4.78, 5) is 1.51. The second kappa shape index (κ2) is 7.10. The van der Waals surface area contributed by atoms with Crippen LogP contribution in [0.2, 0.25) is 0 Å². The van der Waals surface area contributed by atoms with Crippen LogP contribution in [0.25, 0.3) is 0 Å². The standard InChI is InChI=1S/C18H24N2S/c19-18-8-3-5-14-13-15(9-10-17(14)18)20-11-2-1-6-16-7-4-12-21-16/h3-5,7-8,12,15,20H,1-2,6,9-11,13,19H2. The molecule has 0 bridgehead atoms. The number of unbranched alkanes of at least 4 members (excludes halogenated alkanes) is 1. The van der Waals surface area contributed by atoms with Crippen LogP contribution in [0.1, 0.15) is 35.3 Å². The van der Waals surface area contributed by atoms with Crippen LogP contribution in [-0.2, 0) is 19.3 Å². The van der Waals surface area contributed by atoms with Gasteiger partial charge in [-0.15, -0.1) is 11.3 Å². The minimum absolute atomic E-state index is 0.626. The molecular formula is C18H24N2S. The highest BCUT2D eigenvalue weighted by Crippen LogP contribution is 2.26. The molecular weight excluding hydrogens is 276 g/mol. The van der Waals surface area contributed by atoms with E-state index in [1.54, 1.807) is 0 Å². The fraction of sp³-hybridized carbons (Fsp3) is 0.444. The Bertz CT molecular complexity index is 563. The van der Waals surface area contributed by atoms with Gasteiger partial charge in [-0.3, -0.25) is 0 Å². The first-order valence-corrected chi connectivity index (χ1v) is 8.83. The third-order valence-electron chi connectivity index (χ3n) is 4.38. The van der Waals surface area contributed by atoms with Crippen molar-refractivity contribution in [2.24, 2.45) is 0 Å². The molecule has 1 aliphatic carbocycles. The Labute approximate surface area is 131 Å². The van der Waals surface area contributed by atoms with Crippen molar-refractivity contribution in [2.45, 2.75) is 44.6 Å². The Hall–Kier alpha value is -1.32. The molecule has 2 nitrogen and oxygen atoms in total. The lowest BCUT2D eigenvalue weighted by molar-refractivity contribution is 0.451. The lowest BCUT2D eigenvalue weighted by Crippen LogP contribution is -2.35. The van der Waals surface area contributed by atoms with E-state index >= 15 is 0 Å². The first-order valence-electron chi connectivity index (χ1n) is 7.95. The third-order valence-corrected chi connectivity index (χ3v) is 5.32. The smallest absolute Gasteiger partial charge is 0.0349 e. The maximum absolute atomic E-state index is 6.05. The van der Waals surface area contributed by atoms with Crippen LogP contribution < -0.4 is 11.1 Å². The van der Waals surface area contributed by atoms with Gasteiger partial charge in [0.05, 0.1) is 0 Å². The number of hydrogen-bond donors (Lipinski definition) is 2. The van der Waals surface area contributed by atoms with E-state index in [1.165, 1.54) is 41.7 Å². The summed E-state index contributed by atoms with van der Waals surface area (Å²) in [5.74, 6) is 0. The van der Waals surface area contributed by atoms with E-state index in [-0.39, 0.29) is 0 Å². The van der Waals surface area contributed by atoms with Crippen molar-refractivity contribution in [3.05, 3.63) is 51.7 Å². The second-order valence-corrected chi connectivity index (χ2v) is 6.95. The van der Waals surface area contributed by atoms with E-state index in [2.05, 4.69) is 35.0 Å². The molecule has 1 heterocycles. The SMILES string of the molecule is Nc1cccc2c1CCC(NCCCCc1cccs1)C2. The van der Waals surface area contributed by atoms with E-state index < -0.39 is 0 Å². The van der Waals surface area contributed by atoms with E-state index in [0.29, 0.717) is 6.04 Å². The van der Waals surface area contributed by atoms with Crippen LogP contribution >= 0.6 is 11.3 Å². The van der Waals surface area contributed by atoms with Gasteiger partial charge in [-0.2, -0.15) is 0 Å². The van der Waals surface area contributed by atoms with E-state index in [1.807, 2.05) is 17.4 Å². The van der Waals surface area contributed by atoms with Crippen LogP contribution in [0.15, 0.2) is 35.7 Å². The molecule has 0 aliphatic heterocycles. The van der Waals surface area contributed by atoms with Crippen molar-refractivity contribution >= 4 is 17.0 Å². The second-order valence-electron chi connectivity index (χ2n) is 5.92. The monoisotopic (exact) mass is 300 g/mol. The zero-order valence-corrected chi connectivity index (χ0v) is 13.3. The summed E-state index contributed by atoms with van der Waals surface area (Å²) in [6.07, 6.45) is 7.23. The quantitative estimate of drug-likeness (QED) is 0.629. The van der Waals surface area contributed by atoms with Gasteiger partial charge in [-0.05, 0) is 73.7 Å². The van der Waals surface area contributed by atoms with Gasteiger partial charge in [0.1, 0.15) is 0 Å². The first-order chi connectivity index (χ1) is 10.3. The number of anilines is 1. The molecule has 0 fully saturated rings. The summed E-state index contributed by atoms with van der Waals surface area (Å²) >= 11 is 1.87. The van der Waals surface area contributed by atoms with Gasteiger partial charge in [-0.25, -0.2) is 0 Å². The lowest BCUT2D eigenvalue weighted by atomic mass is 9.87. The molecule has 0 radical (unpaired) electrons. The van der Waals surface area contributed by atoms with Crippen LogP contribution in [0.5, 0.6) is 0 Å². The van der Waals surface area contributed by atoms with Crippen LogP contribution in [0.3, 0.4) is 0 Å². The Morgan fingerprint density at radius 3 is 3.00 bits per heavy atom. The molecule has 0 spiro atoms. The molecule has 2 aromatic rings. The van der Waals surface area contributed by atoms with Crippen LogP contribution in [-0.4, -0.2) is 12.6 Å². The zero-order valence-electron chi connectivity index (χ0n) is 12.5. The average molecular weight is 300 g/mol. The summed E-state index contributed by atoms with van der Waals surface area (Å²) in [5, 5.41) is 5.89. The van der Waals surface area contributed by atoms with Crippen molar-refractivity contribution in [2.75, 3.05) is 12.3 Å². The normalized spacial score (nSPS) is 17.6. The van der Waals surface area contributed by atoms with Gasteiger partial charge in [0, 0.05) is 16.6 Å². The first kappa shape index (κ1) is 14.6. The maximum atomic E-state index is 6.05. The number of rotatable bonds is 6. The molecule has 3 heteroatoms. The minimum Gasteiger partial charge on any atom is -0.398 e. The van der Waals surface area contributed by atoms with Crippen molar-refractivity contribution in [3.8, 4) is 0 Å². The van der Waals surface area contributed by atoms with E-state index in [0.717, 1.165) is 25.1 Å². The van der Waals surface area contributed by atoms with Gasteiger partial charge in [0.25, 0.3) is 0 Å². The Kier molecular flexibility index (Phi) is 4.94. The molecule has 1 unspecified atom stereocenters. The Balaban J connectivity index is 1.39. The van der Waals surface area contributed by atoms with Crippen molar-refractivity contribution < 1.29 is 0 Å². The molecule has 1 aromatic carbocycles. The number of nitrogens with one attached hydrogen (secondary N) is 1. The molecule has 3 rings (SSSR count). The van der Waals surface area contributed by atoms with Gasteiger partial charge < -0.3 is 11.1 Å². The number of hydrogen-bond acceptors (Lipinski definition) is 3. The van der Waals surface area contributed by atoms with Gasteiger partial charge in [-0.1, -0.05) is 18.2 Å². The number of nitrogen functional groups attached to an aromatic ring is 1. The molecule has 0 amide bonds. The molecule has 3 N–H and O–H groups in total. The number of fused-ring (bicyclic) bond motifs is 1. The molecule has 21 heavy (non-hydrogen) atoms. The molecule has 1 aliphatic rings. The van der Waals surface area contributed by atoms with Gasteiger partial charge >= 0.3 is 0 Å². The molecule has 112 valence electrons. The molecule has 1 aromatic heterocycles. The summed E-state index contributed by atoms with van der Waals surface area (Å²) in [5.41, 5.74) is 9.85. The predicted octanol–water partition coefficient (Wildman–Crippen LogP) is 3.80. The van der Waals surface area contributed by atoms with Crippen molar-refractivity contribution in [3.63, 3.8) is 0 Å². The fourth-order valence-corrected chi connectivity index (χ4v) is 3.95. The van der Waals surface area contributed by atoms with Crippen LogP contribution in [0, 0.1) is 0 Å². The van der Waals surface area contributed by atoms with E-state index in [9.17, 15) is 0 Å². The molecule has 0 saturated carbocycles. The maximum Gasteiger partial charge on any atom is 0.0349 e. The van der Waals surface area contributed by atoms with Gasteiger partial charge in [0.15, 0.2) is 0 Å². The minimum atomic E-state index is 0.626. The summed E-state index contributed by atoms with van der Waals surface area (Å²) < 4.78 is 0. The lowest BCUT2D eigenvalue weighted by Gasteiger charge is -2.26. The Morgan fingerprint density at radius 1 is 1.19 bits per heavy atom. The number of aryl methyl sites for hydroxylation is 1. The fourth-order valence-electron chi connectivity index (χ4n) is 3.20. The largest absolute Gasteiger partial charge is 0.398 e. The van der Waals surface area contributed by atoms with E-state index in [4.69, 9.17) is 5.73 Å². The zero-order chi connectivity index (χ0) is 14.5.